The van der Waals surface area contributed by atoms with Crippen molar-refractivity contribution in [3.63, 3.8) is 0 Å². The average molecular weight is 423 g/mol. The summed E-state index contributed by atoms with van der Waals surface area (Å²) < 4.78 is 6.87. The van der Waals surface area contributed by atoms with Gasteiger partial charge < -0.3 is 24.6 Å². The first kappa shape index (κ1) is 19.9. The monoisotopic (exact) mass is 422 g/mol. The van der Waals surface area contributed by atoms with Gasteiger partial charge in [0.05, 0.1) is 31.3 Å². The summed E-state index contributed by atoms with van der Waals surface area (Å²) in [4.78, 5) is 18.3. The summed E-state index contributed by atoms with van der Waals surface area (Å²) in [7, 11) is 1.38. The number of thiocarbonyl (C=S) groups is 1. The molecule has 0 saturated carbocycles. The fraction of sp³-hybridized carbons (Fsp3) is 0.227. The highest BCUT2D eigenvalue weighted by Gasteiger charge is 2.41. The van der Waals surface area contributed by atoms with Crippen LogP contribution in [0.25, 0.3) is 5.69 Å². The predicted octanol–water partition coefficient (Wildman–Crippen LogP) is 3.11. The molecule has 7 nitrogen and oxygen atoms in total. The number of esters is 1. The number of aromatic nitrogens is 2. The summed E-state index contributed by atoms with van der Waals surface area (Å²) in [5, 5.41) is 13.6. The Morgan fingerprint density at radius 3 is 2.70 bits per heavy atom. The minimum absolute atomic E-state index is 0.179. The molecule has 0 radical (unpaired) electrons. The molecule has 0 unspecified atom stereocenters. The van der Waals surface area contributed by atoms with E-state index in [-0.39, 0.29) is 30.2 Å². The van der Waals surface area contributed by atoms with Gasteiger partial charge in [-0.15, -0.1) is 0 Å². The Morgan fingerprint density at radius 1 is 1.20 bits per heavy atom. The number of carbonyl (C=O) groups excluding carboxylic acids is 1. The van der Waals surface area contributed by atoms with Gasteiger partial charge in [0, 0.05) is 30.3 Å². The fourth-order valence-electron chi connectivity index (χ4n) is 3.77. The third-order valence-electron chi connectivity index (χ3n) is 5.19. The molecule has 1 aliphatic heterocycles. The average Bonchev–Trinajstić information content (AvgIpc) is 3.37. The second-order valence-electron chi connectivity index (χ2n) is 6.97. The molecule has 1 fully saturated rings. The van der Waals surface area contributed by atoms with Crippen LogP contribution in [0.15, 0.2) is 67.0 Å². The number of benzene rings is 1. The third kappa shape index (κ3) is 3.86. The summed E-state index contributed by atoms with van der Waals surface area (Å²) >= 11 is 5.63. The molecule has 3 aromatic rings. The van der Waals surface area contributed by atoms with Gasteiger partial charge in [0.15, 0.2) is 5.11 Å². The van der Waals surface area contributed by atoms with Crippen LogP contribution >= 0.6 is 12.2 Å². The van der Waals surface area contributed by atoms with Gasteiger partial charge in [0.2, 0.25) is 0 Å². The van der Waals surface area contributed by atoms with Crippen LogP contribution in [-0.2, 0) is 9.53 Å². The first-order valence-electron chi connectivity index (χ1n) is 9.60. The van der Waals surface area contributed by atoms with Crippen LogP contribution in [0.1, 0.15) is 29.9 Å². The second-order valence-corrected chi connectivity index (χ2v) is 7.35. The first-order valence-corrected chi connectivity index (χ1v) is 10.0. The molecule has 0 spiro atoms. The number of methoxy groups -OCH3 is 1. The highest BCUT2D eigenvalue weighted by atomic mass is 32.1. The van der Waals surface area contributed by atoms with Gasteiger partial charge in [-0.1, -0.05) is 6.07 Å². The molecule has 1 saturated heterocycles. The number of nitrogens with zero attached hydrogens (tertiary/aromatic N) is 3. The SMILES string of the molecule is COC(=O)CCN1C(=S)N[C@@H](c2ccccn2)[C@H]1c1cccn1-c1ccc(O)cc1. The lowest BCUT2D eigenvalue weighted by Gasteiger charge is -2.28. The van der Waals surface area contributed by atoms with Crippen molar-refractivity contribution in [2.75, 3.05) is 13.7 Å². The zero-order valence-electron chi connectivity index (χ0n) is 16.4. The van der Waals surface area contributed by atoms with Crippen LogP contribution in [0.5, 0.6) is 5.75 Å². The van der Waals surface area contributed by atoms with E-state index in [4.69, 9.17) is 17.0 Å². The molecule has 0 amide bonds. The second kappa shape index (κ2) is 8.54. The Bertz CT molecular complexity index is 1040. The van der Waals surface area contributed by atoms with Crippen molar-refractivity contribution in [1.82, 2.24) is 19.8 Å². The Morgan fingerprint density at radius 2 is 2.00 bits per heavy atom. The van der Waals surface area contributed by atoms with E-state index in [1.54, 1.807) is 18.3 Å². The molecule has 0 bridgehead atoms. The van der Waals surface area contributed by atoms with Gasteiger partial charge in [-0.25, -0.2) is 0 Å². The molecule has 4 rings (SSSR count). The topological polar surface area (TPSA) is 79.6 Å². The zero-order valence-corrected chi connectivity index (χ0v) is 17.2. The number of carbonyl (C=O) groups is 1. The summed E-state index contributed by atoms with van der Waals surface area (Å²) in [6.07, 6.45) is 3.95. The van der Waals surface area contributed by atoms with Gasteiger partial charge >= 0.3 is 5.97 Å². The summed E-state index contributed by atoms with van der Waals surface area (Å²) in [6.45, 7) is 0.424. The van der Waals surface area contributed by atoms with Crippen LogP contribution in [0.4, 0.5) is 0 Å². The minimum Gasteiger partial charge on any atom is -0.508 e. The Balaban J connectivity index is 1.75. The lowest BCUT2D eigenvalue weighted by molar-refractivity contribution is -0.140. The molecule has 154 valence electrons. The zero-order chi connectivity index (χ0) is 21.1. The summed E-state index contributed by atoms with van der Waals surface area (Å²) in [5.74, 6) is -0.0750. The number of hydrogen-bond donors (Lipinski definition) is 2. The number of pyridine rings is 1. The van der Waals surface area contributed by atoms with Crippen LogP contribution in [-0.4, -0.2) is 44.3 Å². The molecule has 3 heterocycles. The van der Waals surface area contributed by atoms with E-state index in [0.29, 0.717) is 11.7 Å². The molecule has 2 N–H and O–H groups in total. The molecule has 1 aliphatic rings. The van der Waals surface area contributed by atoms with Crippen LogP contribution < -0.4 is 5.32 Å². The molecule has 0 aliphatic carbocycles. The number of nitrogens with one attached hydrogen (secondary N) is 1. The van der Waals surface area contributed by atoms with Crippen molar-refractivity contribution in [3.8, 4) is 11.4 Å². The van der Waals surface area contributed by atoms with E-state index >= 15 is 0 Å². The van der Waals surface area contributed by atoms with Crippen LogP contribution in [0.3, 0.4) is 0 Å². The summed E-state index contributed by atoms with van der Waals surface area (Å²) in [5.41, 5.74) is 2.77. The van der Waals surface area contributed by atoms with Gasteiger partial charge in [-0.05, 0) is 60.7 Å². The molecule has 1 aromatic carbocycles. The minimum atomic E-state index is -0.285. The summed E-state index contributed by atoms with van der Waals surface area (Å²) in [6, 6.07) is 16.5. The number of phenols is 1. The maximum atomic E-state index is 11.8. The van der Waals surface area contributed by atoms with E-state index < -0.39 is 0 Å². The number of hydrogen-bond acceptors (Lipinski definition) is 5. The quantitative estimate of drug-likeness (QED) is 0.467. The lowest BCUT2D eigenvalue weighted by atomic mass is 10.0. The van der Waals surface area contributed by atoms with Gasteiger partial charge in [0.25, 0.3) is 0 Å². The highest BCUT2D eigenvalue weighted by Crippen LogP contribution is 2.39. The van der Waals surface area contributed by atoms with Crippen molar-refractivity contribution >= 4 is 23.3 Å². The molecule has 2 aromatic heterocycles. The largest absolute Gasteiger partial charge is 0.508 e. The fourth-order valence-corrected chi connectivity index (χ4v) is 4.10. The van der Waals surface area contributed by atoms with E-state index in [1.807, 2.05) is 53.6 Å². The van der Waals surface area contributed by atoms with Gasteiger partial charge in [-0.3, -0.25) is 9.78 Å². The number of rotatable bonds is 6. The van der Waals surface area contributed by atoms with E-state index in [2.05, 4.69) is 14.9 Å². The number of aromatic hydroxyl groups is 1. The number of phenolic OH excluding ortho intramolecular Hbond substituents is 1. The lowest BCUT2D eigenvalue weighted by Crippen LogP contribution is -2.32. The molecular weight excluding hydrogens is 400 g/mol. The van der Waals surface area contributed by atoms with Crippen molar-refractivity contribution in [1.29, 1.82) is 0 Å². The third-order valence-corrected chi connectivity index (χ3v) is 5.55. The van der Waals surface area contributed by atoms with E-state index in [0.717, 1.165) is 17.1 Å². The first-order chi connectivity index (χ1) is 14.6. The van der Waals surface area contributed by atoms with E-state index in [1.165, 1.54) is 7.11 Å². The molecule has 8 heteroatoms. The normalized spacial score (nSPS) is 18.3. The Hall–Kier alpha value is -3.39. The highest BCUT2D eigenvalue weighted by molar-refractivity contribution is 7.80. The van der Waals surface area contributed by atoms with Crippen molar-refractivity contribution in [3.05, 3.63) is 78.4 Å². The van der Waals surface area contributed by atoms with E-state index in [9.17, 15) is 9.90 Å². The predicted molar refractivity (Wildman–Crippen MR) is 116 cm³/mol. The van der Waals surface area contributed by atoms with Crippen molar-refractivity contribution in [2.24, 2.45) is 0 Å². The smallest absolute Gasteiger partial charge is 0.307 e. The van der Waals surface area contributed by atoms with Crippen LogP contribution in [0, 0.1) is 0 Å². The standard InChI is InChI=1S/C22H22N4O3S/c1-29-19(28)11-14-26-21(20(24-22(26)30)17-5-2-3-12-23-17)18-6-4-13-25(18)15-7-9-16(27)10-8-15/h2-10,12-13,20-21,27H,11,14H2,1H3,(H,24,30)/t20-,21+/m0/s1. The maximum absolute atomic E-state index is 11.8. The Labute approximate surface area is 179 Å². The van der Waals surface area contributed by atoms with Crippen molar-refractivity contribution < 1.29 is 14.6 Å². The number of ether oxygens (including phenoxy) is 1. The molecule has 2 atom stereocenters. The molecular formula is C22H22N4O3S. The van der Waals surface area contributed by atoms with Gasteiger partial charge in [0.1, 0.15) is 5.75 Å². The maximum Gasteiger partial charge on any atom is 0.307 e. The van der Waals surface area contributed by atoms with Gasteiger partial charge in [-0.2, -0.15) is 0 Å². The van der Waals surface area contributed by atoms with Crippen LogP contribution in [0.2, 0.25) is 0 Å². The van der Waals surface area contributed by atoms with Crippen molar-refractivity contribution in [2.45, 2.75) is 18.5 Å². The Kier molecular flexibility index (Phi) is 5.67. The molecule has 30 heavy (non-hydrogen) atoms.